The molecule has 3 nitrogen and oxygen atoms in total. The van der Waals surface area contributed by atoms with Crippen LogP contribution in [0.5, 0.6) is 0 Å². The number of hydrogen-bond acceptors (Lipinski definition) is 2. The second kappa shape index (κ2) is 2.16. The fraction of sp³-hybridized carbons (Fsp3) is 0.857. The fourth-order valence-corrected chi connectivity index (χ4v) is 1.70. The number of hydrogen-bond donors (Lipinski definition) is 2. The molecule has 1 heterocycles. The van der Waals surface area contributed by atoms with Gasteiger partial charge < -0.3 is 11.1 Å². The molecule has 0 aromatic carbocycles. The zero-order valence-corrected chi connectivity index (χ0v) is 6.39. The van der Waals surface area contributed by atoms with Crippen molar-refractivity contribution >= 4 is 5.91 Å². The molecule has 1 saturated heterocycles. The van der Waals surface area contributed by atoms with Crippen molar-refractivity contribution in [3.05, 3.63) is 0 Å². The maximum atomic E-state index is 12.7. The van der Waals surface area contributed by atoms with Gasteiger partial charge in [-0.1, -0.05) is 0 Å². The van der Waals surface area contributed by atoms with Crippen molar-refractivity contribution in [2.24, 2.45) is 11.7 Å². The predicted octanol–water partition coefficient (Wildman–Crippen LogP) is -0.143. The Bertz CT molecular complexity index is 231. The third-order valence-corrected chi connectivity index (χ3v) is 2.63. The Morgan fingerprint density at radius 2 is 2.17 bits per heavy atom. The lowest BCUT2D eigenvalue weighted by Gasteiger charge is -2.09. The molecular formula is C7H10F2N2O. The maximum Gasteiger partial charge on any atom is 0.273 e. The molecule has 0 aromatic rings. The molecule has 2 aliphatic rings. The lowest BCUT2D eigenvalue weighted by molar-refractivity contribution is -0.123. The van der Waals surface area contributed by atoms with Crippen molar-refractivity contribution in [2.75, 3.05) is 0 Å². The van der Waals surface area contributed by atoms with Crippen LogP contribution in [0.15, 0.2) is 0 Å². The predicted molar refractivity (Wildman–Crippen MR) is 37.6 cm³/mol. The Morgan fingerprint density at radius 1 is 1.50 bits per heavy atom. The van der Waals surface area contributed by atoms with Crippen LogP contribution >= 0.6 is 0 Å². The molecule has 5 heteroatoms. The molecule has 2 unspecified atom stereocenters. The van der Waals surface area contributed by atoms with Crippen molar-refractivity contribution in [3.8, 4) is 0 Å². The standard InChI is InChI=1S/C7H10F2N2O/c8-7(9)3-1-2-4(10)6(12)11-5(3)7/h3-5H,1-2,10H2,(H,11,12)/t3?,4-,5?/m0/s1. The Labute approximate surface area is 68.3 Å². The van der Waals surface area contributed by atoms with Crippen LogP contribution in [-0.4, -0.2) is 23.9 Å². The lowest BCUT2D eigenvalue weighted by atomic mass is 10.1. The van der Waals surface area contributed by atoms with E-state index in [1.807, 2.05) is 0 Å². The van der Waals surface area contributed by atoms with E-state index in [1.54, 1.807) is 0 Å². The normalized spacial score (nSPS) is 44.2. The van der Waals surface area contributed by atoms with E-state index >= 15 is 0 Å². The molecule has 2 rings (SSSR count). The Balaban J connectivity index is 2.09. The summed E-state index contributed by atoms with van der Waals surface area (Å²) in [7, 11) is 0. The molecule has 0 radical (unpaired) electrons. The van der Waals surface area contributed by atoms with E-state index in [1.165, 1.54) is 0 Å². The first-order valence-corrected chi connectivity index (χ1v) is 3.97. The average molecular weight is 176 g/mol. The van der Waals surface area contributed by atoms with Gasteiger partial charge in [-0.05, 0) is 12.8 Å². The van der Waals surface area contributed by atoms with Crippen LogP contribution < -0.4 is 11.1 Å². The van der Waals surface area contributed by atoms with Crippen LogP contribution in [0.4, 0.5) is 8.78 Å². The van der Waals surface area contributed by atoms with Crippen LogP contribution in [0, 0.1) is 5.92 Å². The Hall–Kier alpha value is -0.710. The van der Waals surface area contributed by atoms with Crippen molar-refractivity contribution in [1.29, 1.82) is 0 Å². The number of amides is 1. The summed E-state index contributed by atoms with van der Waals surface area (Å²) < 4.78 is 25.5. The quantitative estimate of drug-likeness (QED) is 0.539. The van der Waals surface area contributed by atoms with Gasteiger partial charge in [0.05, 0.1) is 12.0 Å². The van der Waals surface area contributed by atoms with Crippen LogP contribution in [0.2, 0.25) is 0 Å². The Morgan fingerprint density at radius 3 is 2.83 bits per heavy atom. The molecule has 1 aliphatic carbocycles. The molecule has 68 valence electrons. The van der Waals surface area contributed by atoms with Gasteiger partial charge in [-0.2, -0.15) is 0 Å². The molecule has 3 atom stereocenters. The summed E-state index contributed by atoms with van der Waals surface area (Å²) in [6, 6.07) is -1.55. The van der Waals surface area contributed by atoms with Crippen molar-refractivity contribution in [2.45, 2.75) is 30.8 Å². The van der Waals surface area contributed by atoms with Gasteiger partial charge >= 0.3 is 0 Å². The van der Waals surface area contributed by atoms with E-state index in [9.17, 15) is 13.6 Å². The third-order valence-electron chi connectivity index (χ3n) is 2.63. The minimum atomic E-state index is -2.68. The van der Waals surface area contributed by atoms with Gasteiger partial charge in [-0.3, -0.25) is 4.79 Å². The highest BCUT2D eigenvalue weighted by molar-refractivity contribution is 5.82. The highest BCUT2D eigenvalue weighted by Gasteiger charge is 2.69. The molecule has 0 spiro atoms. The first-order chi connectivity index (χ1) is 5.53. The molecule has 1 amide bonds. The minimum Gasteiger partial charge on any atom is -0.345 e. The summed E-state index contributed by atoms with van der Waals surface area (Å²) in [4.78, 5) is 11.0. The largest absolute Gasteiger partial charge is 0.345 e. The third kappa shape index (κ3) is 0.924. The smallest absolute Gasteiger partial charge is 0.273 e. The number of carbonyl (C=O) groups is 1. The van der Waals surface area contributed by atoms with Crippen LogP contribution in [-0.2, 0) is 4.79 Å². The van der Waals surface area contributed by atoms with E-state index in [0.29, 0.717) is 12.8 Å². The summed E-state index contributed by atoms with van der Waals surface area (Å²) in [5.74, 6) is -3.80. The SMILES string of the molecule is N[C@H]1CCC2C(NC1=O)C2(F)F. The van der Waals surface area contributed by atoms with Gasteiger partial charge in [0.15, 0.2) is 0 Å². The van der Waals surface area contributed by atoms with Gasteiger partial charge in [0.25, 0.3) is 5.92 Å². The van der Waals surface area contributed by atoms with Crippen molar-refractivity contribution < 1.29 is 13.6 Å². The van der Waals surface area contributed by atoms with Gasteiger partial charge in [0.1, 0.15) is 6.04 Å². The van der Waals surface area contributed by atoms with E-state index in [2.05, 4.69) is 5.32 Å². The molecule has 1 saturated carbocycles. The van der Waals surface area contributed by atoms with Crippen LogP contribution in [0.1, 0.15) is 12.8 Å². The lowest BCUT2D eigenvalue weighted by Crippen LogP contribution is -2.41. The maximum absolute atomic E-state index is 12.7. The summed E-state index contributed by atoms with van der Waals surface area (Å²) >= 11 is 0. The number of nitrogens with two attached hydrogens (primary N) is 1. The number of carbonyl (C=O) groups excluding carboxylic acids is 1. The number of alkyl halides is 2. The minimum absolute atomic E-state index is 0.345. The molecule has 12 heavy (non-hydrogen) atoms. The van der Waals surface area contributed by atoms with E-state index in [4.69, 9.17) is 5.73 Å². The number of rotatable bonds is 0. The van der Waals surface area contributed by atoms with Gasteiger partial charge in [0, 0.05) is 0 Å². The fourth-order valence-electron chi connectivity index (χ4n) is 1.70. The highest BCUT2D eigenvalue weighted by Crippen LogP contribution is 2.52. The zero-order chi connectivity index (χ0) is 8.93. The number of halogens is 2. The summed E-state index contributed by atoms with van der Waals surface area (Å²) in [5, 5.41) is 2.24. The monoisotopic (exact) mass is 176 g/mol. The second-order valence-corrected chi connectivity index (χ2v) is 3.45. The van der Waals surface area contributed by atoms with E-state index in [0.717, 1.165) is 0 Å². The first kappa shape index (κ1) is 7.91. The van der Waals surface area contributed by atoms with Crippen molar-refractivity contribution in [1.82, 2.24) is 5.32 Å². The van der Waals surface area contributed by atoms with E-state index < -0.39 is 29.8 Å². The summed E-state index contributed by atoms with van der Waals surface area (Å²) in [6.07, 6.45) is 0.708. The topological polar surface area (TPSA) is 55.1 Å². The molecular weight excluding hydrogens is 166 g/mol. The summed E-state index contributed by atoms with van der Waals surface area (Å²) in [6.45, 7) is 0. The van der Waals surface area contributed by atoms with E-state index in [-0.39, 0.29) is 0 Å². The van der Waals surface area contributed by atoms with Crippen LogP contribution in [0.25, 0.3) is 0 Å². The molecule has 2 fully saturated rings. The second-order valence-electron chi connectivity index (χ2n) is 3.45. The number of nitrogens with one attached hydrogen (secondary N) is 1. The number of fused-ring (bicyclic) bond motifs is 1. The highest BCUT2D eigenvalue weighted by atomic mass is 19.3. The van der Waals surface area contributed by atoms with Crippen LogP contribution in [0.3, 0.4) is 0 Å². The molecule has 0 bridgehead atoms. The van der Waals surface area contributed by atoms with Crippen molar-refractivity contribution in [3.63, 3.8) is 0 Å². The molecule has 1 aliphatic heterocycles. The molecule has 3 N–H and O–H groups in total. The molecule has 0 aromatic heterocycles. The van der Waals surface area contributed by atoms with Gasteiger partial charge in [-0.15, -0.1) is 0 Å². The average Bonchev–Trinajstić information content (AvgIpc) is 2.53. The van der Waals surface area contributed by atoms with Gasteiger partial charge in [-0.25, -0.2) is 8.78 Å². The summed E-state index contributed by atoms with van der Waals surface area (Å²) in [5.41, 5.74) is 5.39. The zero-order valence-electron chi connectivity index (χ0n) is 6.39. The first-order valence-electron chi connectivity index (χ1n) is 3.97. The van der Waals surface area contributed by atoms with Gasteiger partial charge in [0.2, 0.25) is 5.91 Å². The Kier molecular flexibility index (Phi) is 1.42.